The molecule has 0 spiro atoms. The normalized spacial score (nSPS) is 10.4. The van der Waals surface area contributed by atoms with Crippen molar-refractivity contribution in [2.24, 2.45) is 0 Å². The summed E-state index contributed by atoms with van der Waals surface area (Å²) >= 11 is 0. The number of alkyl carbamates (subject to hydrolysis) is 1. The van der Waals surface area contributed by atoms with Gasteiger partial charge in [0, 0.05) is 19.2 Å². The lowest BCUT2D eigenvalue weighted by molar-refractivity contribution is -0.393. The van der Waals surface area contributed by atoms with E-state index in [2.05, 4.69) is 10.6 Å². The topological polar surface area (TPSA) is 155 Å². The van der Waals surface area contributed by atoms with Gasteiger partial charge in [0.1, 0.15) is 12.3 Å². The molecule has 12 heteroatoms. The molecule has 1 amide bonds. The first-order valence-corrected chi connectivity index (χ1v) is 9.74. The van der Waals surface area contributed by atoms with Crippen molar-refractivity contribution in [3.05, 3.63) is 74.3 Å². The van der Waals surface area contributed by atoms with Gasteiger partial charge in [0.2, 0.25) is 0 Å². The van der Waals surface area contributed by atoms with E-state index in [0.717, 1.165) is 11.6 Å². The minimum absolute atomic E-state index is 0.172. The zero-order chi connectivity index (χ0) is 23.2. The number of nitrogens with one attached hydrogen (secondary N) is 2. The van der Waals surface area contributed by atoms with E-state index in [1.807, 2.05) is 30.3 Å². The number of nitro benzene ring substituents is 2. The summed E-state index contributed by atoms with van der Waals surface area (Å²) in [7, 11) is 0. The van der Waals surface area contributed by atoms with E-state index < -0.39 is 15.9 Å². The van der Waals surface area contributed by atoms with Crippen LogP contribution in [0.15, 0.2) is 48.5 Å². The van der Waals surface area contributed by atoms with Crippen molar-refractivity contribution in [1.82, 2.24) is 5.32 Å². The van der Waals surface area contributed by atoms with Crippen LogP contribution in [-0.4, -0.2) is 55.5 Å². The minimum atomic E-state index is -0.691. The molecule has 2 rings (SSSR count). The number of rotatable bonds is 14. The van der Waals surface area contributed by atoms with Crippen molar-refractivity contribution in [2.45, 2.75) is 6.61 Å². The van der Waals surface area contributed by atoms with Crippen LogP contribution < -0.4 is 10.6 Å². The highest BCUT2D eigenvalue weighted by molar-refractivity contribution is 5.67. The fraction of sp³-hybridized carbons (Fsp3) is 0.350. The molecule has 0 atom stereocenters. The first-order valence-electron chi connectivity index (χ1n) is 9.74. The second kappa shape index (κ2) is 13.5. The third kappa shape index (κ3) is 8.93. The third-order valence-electron chi connectivity index (χ3n) is 4.05. The zero-order valence-electron chi connectivity index (χ0n) is 17.2. The number of hydrogen-bond acceptors (Lipinski definition) is 9. The Morgan fingerprint density at radius 1 is 0.875 bits per heavy atom. The summed E-state index contributed by atoms with van der Waals surface area (Å²) in [5.41, 5.74) is 0.339. The molecule has 0 bridgehead atoms. The second-order valence-electron chi connectivity index (χ2n) is 6.36. The van der Waals surface area contributed by atoms with E-state index >= 15 is 0 Å². The van der Waals surface area contributed by atoms with Crippen molar-refractivity contribution >= 4 is 23.2 Å². The molecule has 0 unspecified atom stereocenters. The highest BCUT2D eigenvalue weighted by Gasteiger charge is 2.18. The number of nitro groups is 2. The molecule has 0 aliphatic heterocycles. The monoisotopic (exact) mass is 448 g/mol. The number of benzene rings is 2. The summed E-state index contributed by atoms with van der Waals surface area (Å²) in [4.78, 5) is 32.0. The molecule has 0 aromatic heterocycles. The molecule has 0 aliphatic rings. The van der Waals surface area contributed by atoms with Crippen molar-refractivity contribution in [3.8, 4) is 0 Å². The molecule has 0 heterocycles. The summed E-state index contributed by atoms with van der Waals surface area (Å²) < 4.78 is 15.7. The van der Waals surface area contributed by atoms with E-state index in [9.17, 15) is 25.0 Å². The smallest absolute Gasteiger partial charge is 0.407 e. The van der Waals surface area contributed by atoms with Gasteiger partial charge in [0.15, 0.2) is 0 Å². The van der Waals surface area contributed by atoms with Crippen molar-refractivity contribution in [3.63, 3.8) is 0 Å². The van der Waals surface area contributed by atoms with Crippen LogP contribution in [-0.2, 0) is 20.8 Å². The molecular formula is C20H24N4O8. The number of amides is 1. The van der Waals surface area contributed by atoms with Crippen LogP contribution >= 0.6 is 0 Å². The summed E-state index contributed by atoms with van der Waals surface area (Å²) in [5, 5.41) is 27.2. The van der Waals surface area contributed by atoms with Crippen LogP contribution in [0.2, 0.25) is 0 Å². The predicted octanol–water partition coefficient (Wildman–Crippen LogP) is 2.87. The maximum Gasteiger partial charge on any atom is 0.407 e. The van der Waals surface area contributed by atoms with Crippen molar-refractivity contribution < 1.29 is 28.9 Å². The molecule has 172 valence electrons. The molecular weight excluding hydrogens is 424 g/mol. The van der Waals surface area contributed by atoms with Gasteiger partial charge in [-0.05, 0) is 11.6 Å². The Labute approximate surface area is 183 Å². The number of hydrogen-bond donors (Lipinski definition) is 2. The average Bonchev–Trinajstić information content (AvgIpc) is 2.79. The highest BCUT2D eigenvalue weighted by Crippen LogP contribution is 2.28. The first-order chi connectivity index (χ1) is 15.5. The molecule has 2 N–H and O–H groups in total. The summed E-state index contributed by atoms with van der Waals surface area (Å²) in [5.74, 6) is 0. The van der Waals surface area contributed by atoms with Crippen LogP contribution in [0.5, 0.6) is 0 Å². The van der Waals surface area contributed by atoms with E-state index in [1.165, 1.54) is 12.1 Å². The molecule has 0 saturated carbocycles. The maximum absolute atomic E-state index is 11.6. The lowest BCUT2D eigenvalue weighted by Crippen LogP contribution is -2.28. The van der Waals surface area contributed by atoms with Gasteiger partial charge < -0.3 is 24.8 Å². The molecule has 0 saturated heterocycles. The van der Waals surface area contributed by atoms with Gasteiger partial charge in [-0.15, -0.1) is 0 Å². The van der Waals surface area contributed by atoms with E-state index in [4.69, 9.17) is 14.2 Å². The number of carbonyl (C=O) groups is 1. The molecule has 0 fully saturated rings. The Morgan fingerprint density at radius 3 is 2.22 bits per heavy atom. The van der Waals surface area contributed by atoms with Crippen molar-refractivity contribution in [1.29, 1.82) is 0 Å². The van der Waals surface area contributed by atoms with E-state index in [1.54, 1.807) is 0 Å². The van der Waals surface area contributed by atoms with Crippen LogP contribution in [0.3, 0.4) is 0 Å². The fourth-order valence-electron chi connectivity index (χ4n) is 2.51. The first kappa shape index (κ1) is 24.5. The summed E-state index contributed by atoms with van der Waals surface area (Å²) in [6.45, 7) is 1.89. The third-order valence-corrected chi connectivity index (χ3v) is 4.05. The standard InChI is InChI=1S/C20H24N4O8/c25-20(32-15-16-4-2-1-3-5-16)22-9-11-31-13-12-30-10-8-21-18-7-6-17(23(26)27)14-19(18)24(28)29/h1-7,14,21H,8-13,15H2,(H,22,25). The highest BCUT2D eigenvalue weighted by atomic mass is 16.6. The largest absolute Gasteiger partial charge is 0.445 e. The molecule has 32 heavy (non-hydrogen) atoms. The number of ether oxygens (including phenoxy) is 3. The molecule has 0 radical (unpaired) electrons. The van der Waals surface area contributed by atoms with Crippen LogP contribution in [0, 0.1) is 20.2 Å². The van der Waals surface area contributed by atoms with Gasteiger partial charge in [-0.1, -0.05) is 30.3 Å². The number of anilines is 1. The SMILES string of the molecule is O=C(NCCOCCOCCNc1ccc([N+](=O)[O-])cc1[N+](=O)[O-])OCc1ccccc1. The lowest BCUT2D eigenvalue weighted by Gasteiger charge is -2.09. The molecule has 0 aliphatic carbocycles. The van der Waals surface area contributed by atoms with Crippen molar-refractivity contribution in [2.75, 3.05) is 44.8 Å². The Balaban J connectivity index is 1.50. The minimum Gasteiger partial charge on any atom is -0.445 e. The van der Waals surface area contributed by atoms with Crippen LogP contribution in [0.4, 0.5) is 21.9 Å². The molecule has 12 nitrogen and oxygen atoms in total. The van der Waals surface area contributed by atoms with Gasteiger partial charge in [-0.2, -0.15) is 0 Å². The second-order valence-corrected chi connectivity index (χ2v) is 6.36. The zero-order valence-corrected chi connectivity index (χ0v) is 17.2. The maximum atomic E-state index is 11.6. The lowest BCUT2D eigenvalue weighted by atomic mass is 10.2. The van der Waals surface area contributed by atoms with Gasteiger partial charge in [0.25, 0.3) is 11.4 Å². The fourth-order valence-corrected chi connectivity index (χ4v) is 2.51. The Hall–Kier alpha value is -3.77. The predicted molar refractivity (Wildman–Crippen MR) is 115 cm³/mol. The van der Waals surface area contributed by atoms with Gasteiger partial charge in [-0.25, -0.2) is 4.79 Å². The van der Waals surface area contributed by atoms with Gasteiger partial charge in [0.05, 0.1) is 42.3 Å². The number of carbonyl (C=O) groups excluding carboxylic acids is 1. The summed E-state index contributed by atoms with van der Waals surface area (Å²) in [6, 6.07) is 12.7. The number of nitrogens with zero attached hydrogens (tertiary/aromatic N) is 2. The Morgan fingerprint density at radius 2 is 1.56 bits per heavy atom. The molecule has 2 aromatic carbocycles. The van der Waals surface area contributed by atoms with Crippen LogP contribution in [0.1, 0.15) is 5.56 Å². The Bertz CT molecular complexity index is 894. The number of non-ortho nitro benzene ring substituents is 1. The molecule has 2 aromatic rings. The van der Waals surface area contributed by atoms with E-state index in [-0.39, 0.29) is 43.4 Å². The summed E-state index contributed by atoms with van der Waals surface area (Å²) in [6.07, 6.45) is -0.528. The van der Waals surface area contributed by atoms with Gasteiger partial charge >= 0.3 is 6.09 Å². The van der Waals surface area contributed by atoms with E-state index in [0.29, 0.717) is 19.8 Å². The quantitative estimate of drug-likeness (QED) is 0.252. The van der Waals surface area contributed by atoms with Crippen LogP contribution in [0.25, 0.3) is 0 Å². The van der Waals surface area contributed by atoms with Gasteiger partial charge in [-0.3, -0.25) is 20.2 Å². The Kier molecular flexibility index (Phi) is 10.3. The average molecular weight is 448 g/mol.